The van der Waals surface area contributed by atoms with Gasteiger partial charge in [-0.1, -0.05) is 5.16 Å². The van der Waals surface area contributed by atoms with Crippen LogP contribution in [0.15, 0.2) is 26.3 Å². The van der Waals surface area contributed by atoms with Crippen LogP contribution in [0.1, 0.15) is 22.2 Å². The van der Waals surface area contributed by atoms with E-state index < -0.39 is 10.0 Å². The van der Waals surface area contributed by atoms with Crippen molar-refractivity contribution in [3.8, 4) is 10.6 Å². The second-order valence-electron chi connectivity index (χ2n) is 5.98. The molecule has 9 nitrogen and oxygen atoms in total. The topological polar surface area (TPSA) is 120 Å². The van der Waals surface area contributed by atoms with Crippen LogP contribution in [0.2, 0.25) is 0 Å². The summed E-state index contributed by atoms with van der Waals surface area (Å²) in [5.41, 5.74) is 1.45. The van der Waals surface area contributed by atoms with Gasteiger partial charge in [-0.2, -0.15) is 5.10 Å². The molecule has 0 aliphatic heterocycles. The molecule has 0 aliphatic rings. The molecule has 0 amide bonds. The van der Waals surface area contributed by atoms with Gasteiger partial charge in [0.2, 0.25) is 10.0 Å². The van der Waals surface area contributed by atoms with Crippen molar-refractivity contribution in [3.05, 3.63) is 44.6 Å². The SMILES string of the molecule is Cc1nc(C)c(-c2ccc(=O)n(CCNS(=O)(=O)c3c(C)noc3C)n2)s1. The molecule has 11 heteroatoms. The monoisotopic (exact) mass is 409 g/mol. The lowest BCUT2D eigenvalue weighted by Gasteiger charge is -2.08. The Hall–Kier alpha value is -2.37. The summed E-state index contributed by atoms with van der Waals surface area (Å²) in [7, 11) is -3.78. The molecule has 0 spiro atoms. The van der Waals surface area contributed by atoms with Crippen LogP contribution in [0.3, 0.4) is 0 Å². The summed E-state index contributed by atoms with van der Waals surface area (Å²) in [4.78, 5) is 17.3. The van der Waals surface area contributed by atoms with Crippen molar-refractivity contribution in [1.82, 2.24) is 24.6 Å². The molecule has 27 heavy (non-hydrogen) atoms. The van der Waals surface area contributed by atoms with Crippen LogP contribution in [0.25, 0.3) is 10.6 Å². The van der Waals surface area contributed by atoms with Gasteiger partial charge in [-0.05, 0) is 33.8 Å². The maximum absolute atomic E-state index is 12.4. The van der Waals surface area contributed by atoms with Crippen molar-refractivity contribution in [3.63, 3.8) is 0 Å². The number of aromatic nitrogens is 4. The summed E-state index contributed by atoms with van der Waals surface area (Å²) in [5, 5.41) is 8.91. The quantitative estimate of drug-likeness (QED) is 0.656. The normalized spacial score (nSPS) is 11.9. The van der Waals surface area contributed by atoms with E-state index >= 15 is 0 Å². The highest BCUT2D eigenvalue weighted by Crippen LogP contribution is 2.27. The molecule has 3 heterocycles. The van der Waals surface area contributed by atoms with Gasteiger partial charge >= 0.3 is 0 Å². The van der Waals surface area contributed by atoms with E-state index in [0.717, 1.165) is 15.6 Å². The minimum absolute atomic E-state index is 0.00343. The van der Waals surface area contributed by atoms with Crippen molar-refractivity contribution in [1.29, 1.82) is 0 Å². The van der Waals surface area contributed by atoms with Crippen LogP contribution < -0.4 is 10.3 Å². The van der Waals surface area contributed by atoms with Crippen molar-refractivity contribution in [2.24, 2.45) is 0 Å². The van der Waals surface area contributed by atoms with Gasteiger partial charge in [0.05, 0.1) is 22.1 Å². The third-order valence-electron chi connectivity index (χ3n) is 3.86. The molecule has 0 saturated heterocycles. The third-order valence-corrected chi connectivity index (χ3v) is 6.65. The van der Waals surface area contributed by atoms with Crippen LogP contribution in [0.5, 0.6) is 0 Å². The summed E-state index contributed by atoms with van der Waals surface area (Å²) in [6.45, 7) is 6.97. The molecule has 0 unspecified atom stereocenters. The zero-order valence-electron chi connectivity index (χ0n) is 15.3. The Labute approximate surface area is 160 Å². The highest BCUT2D eigenvalue weighted by Gasteiger charge is 2.23. The smallest absolute Gasteiger partial charge is 0.266 e. The fraction of sp³-hybridized carbons (Fsp3) is 0.375. The van der Waals surface area contributed by atoms with Crippen LogP contribution >= 0.6 is 11.3 Å². The fourth-order valence-corrected chi connectivity index (χ4v) is 4.95. The first-order valence-electron chi connectivity index (χ1n) is 8.14. The Balaban J connectivity index is 1.78. The predicted octanol–water partition coefficient (Wildman–Crippen LogP) is 1.57. The lowest BCUT2D eigenvalue weighted by molar-refractivity contribution is 0.390. The van der Waals surface area contributed by atoms with Gasteiger partial charge in [0.1, 0.15) is 16.3 Å². The van der Waals surface area contributed by atoms with Gasteiger partial charge in [-0.15, -0.1) is 11.3 Å². The molecule has 3 aromatic heterocycles. The molecule has 0 saturated carbocycles. The average molecular weight is 409 g/mol. The number of hydrogen-bond acceptors (Lipinski definition) is 8. The number of aryl methyl sites for hydroxylation is 4. The van der Waals surface area contributed by atoms with Crippen molar-refractivity contribution >= 4 is 21.4 Å². The van der Waals surface area contributed by atoms with Gasteiger partial charge < -0.3 is 4.52 Å². The standard InChI is InChI=1S/C16H19N5O4S2/c1-9-15(26-12(4)18-9)13-5-6-14(22)21(19-13)8-7-17-27(23,24)16-10(2)20-25-11(16)3/h5-6,17H,7-8H2,1-4H3. The third kappa shape index (κ3) is 3.99. The minimum atomic E-state index is -3.78. The number of hydrogen-bond donors (Lipinski definition) is 1. The molecule has 3 aromatic rings. The zero-order chi connectivity index (χ0) is 19.8. The largest absolute Gasteiger partial charge is 0.360 e. The second-order valence-corrected chi connectivity index (χ2v) is 8.89. The summed E-state index contributed by atoms with van der Waals surface area (Å²) in [6, 6.07) is 3.06. The van der Waals surface area contributed by atoms with E-state index in [1.165, 1.54) is 29.0 Å². The summed E-state index contributed by atoms with van der Waals surface area (Å²) >= 11 is 1.49. The van der Waals surface area contributed by atoms with E-state index in [-0.39, 0.29) is 35.0 Å². The average Bonchev–Trinajstić information content (AvgIpc) is 3.10. The lowest BCUT2D eigenvalue weighted by atomic mass is 10.3. The van der Waals surface area contributed by atoms with Crippen molar-refractivity contribution in [2.75, 3.05) is 6.54 Å². The van der Waals surface area contributed by atoms with E-state index in [1.807, 2.05) is 13.8 Å². The predicted molar refractivity (Wildman–Crippen MR) is 100 cm³/mol. The molecule has 0 bridgehead atoms. The Bertz CT molecular complexity index is 1120. The Kier molecular flexibility index (Phi) is 5.27. The number of thiazole rings is 1. The second kappa shape index (κ2) is 7.33. The highest BCUT2D eigenvalue weighted by atomic mass is 32.2. The van der Waals surface area contributed by atoms with Crippen LogP contribution in [-0.4, -0.2) is 34.9 Å². The number of nitrogens with zero attached hydrogens (tertiary/aromatic N) is 4. The van der Waals surface area contributed by atoms with Crippen LogP contribution in [0.4, 0.5) is 0 Å². The van der Waals surface area contributed by atoms with Crippen molar-refractivity contribution < 1.29 is 12.9 Å². The maximum Gasteiger partial charge on any atom is 0.266 e. The van der Waals surface area contributed by atoms with Gasteiger partial charge in [0.25, 0.3) is 5.56 Å². The highest BCUT2D eigenvalue weighted by molar-refractivity contribution is 7.89. The van der Waals surface area contributed by atoms with E-state index in [9.17, 15) is 13.2 Å². The Morgan fingerprint density at radius 2 is 1.93 bits per heavy atom. The maximum atomic E-state index is 12.4. The Morgan fingerprint density at radius 1 is 1.19 bits per heavy atom. The molecule has 0 fully saturated rings. The summed E-state index contributed by atoms with van der Waals surface area (Å²) in [6.07, 6.45) is 0. The molecule has 0 aromatic carbocycles. The van der Waals surface area contributed by atoms with Gasteiger partial charge in [0, 0.05) is 12.6 Å². The first-order chi connectivity index (χ1) is 12.7. The van der Waals surface area contributed by atoms with Crippen LogP contribution in [-0.2, 0) is 16.6 Å². The fourth-order valence-electron chi connectivity index (χ4n) is 2.72. The van der Waals surface area contributed by atoms with Crippen molar-refractivity contribution in [2.45, 2.75) is 39.1 Å². The van der Waals surface area contributed by atoms with E-state index in [1.54, 1.807) is 13.0 Å². The van der Waals surface area contributed by atoms with E-state index in [0.29, 0.717) is 5.69 Å². The first kappa shape index (κ1) is 19.4. The Morgan fingerprint density at radius 3 is 2.52 bits per heavy atom. The van der Waals surface area contributed by atoms with Gasteiger partial charge in [-0.25, -0.2) is 22.8 Å². The summed E-state index contributed by atoms with van der Waals surface area (Å²) in [5.74, 6) is 0.216. The lowest BCUT2D eigenvalue weighted by Crippen LogP contribution is -2.32. The molecular weight excluding hydrogens is 390 g/mol. The molecule has 0 radical (unpaired) electrons. The van der Waals surface area contributed by atoms with E-state index in [4.69, 9.17) is 4.52 Å². The van der Waals surface area contributed by atoms with Crippen LogP contribution in [0, 0.1) is 27.7 Å². The number of rotatable bonds is 6. The molecule has 144 valence electrons. The molecule has 0 atom stereocenters. The first-order valence-corrected chi connectivity index (χ1v) is 10.4. The van der Waals surface area contributed by atoms with E-state index in [2.05, 4.69) is 20.0 Å². The molecule has 1 N–H and O–H groups in total. The molecule has 0 aliphatic carbocycles. The zero-order valence-corrected chi connectivity index (χ0v) is 16.9. The minimum Gasteiger partial charge on any atom is -0.360 e. The summed E-state index contributed by atoms with van der Waals surface area (Å²) < 4.78 is 33.4. The van der Waals surface area contributed by atoms with Gasteiger partial charge in [0.15, 0.2) is 5.76 Å². The molecule has 3 rings (SSSR count). The number of nitrogens with one attached hydrogen (secondary N) is 1. The van der Waals surface area contributed by atoms with Gasteiger partial charge in [-0.3, -0.25) is 4.79 Å². The number of sulfonamides is 1. The molecular formula is C16H19N5O4S2.